The van der Waals surface area contributed by atoms with Crippen molar-refractivity contribution >= 4 is 0 Å². The maximum Gasteiger partial charge on any atom is 0.137 e. The summed E-state index contributed by atoms with van der Waals surface area (Å²) in [5, 5.41) is 14.3. The first kappa shape index (κ1) is 15.2. The predicted octanol–water partition coefficient (Wildman–Crippen LogP) is 3.25. The molecule has 0 amide bonds. The highest BCUT2D eigenvalue weighted by Crippen LogP contribution is 2.27. The fourth-order valence-corrected chi connectivity index (χ4v) is 2.33. The summed E-state index contributed by atoms with van der Waals surface area (Å²) in [7, 11) is 0. The van der Waals surface area contributed by atoms with Gasteiger partial charge < -0.3 is 9.84 Å². The molecule has 23 heavy (non-hydrogen) atoms. The van der Waals surface area contributed by atoms with Crippen molar-refractivity contribution in [2.24, 2.45) is 0 Å². The summed E-state index contributed by atoms with van der Waals surface area (Å²) in [6.07, 6.45) is 2.31. The average molecular weight is 313 g/mol. The van der Waals surface area contributed by atoms with Gasteiger partial charge in [-0.1, -0.05) is 6.07 Å². The third kappa shape index (κ3) is 3.73. The van der Waals surface area contributed by atoms with Crippen LogP contribution in [0.2, 0.25) is 0 Å². The molecule has 0 aliphatic carbocycles. The number of rotatable bonds is 5. The maximum atomic E-state index is 12.9. The molecule has 3 aromatic rings. The quantitative estimate of drug-likeness (QED) is 0.785. The first-order chi connectivity index (χ1) is 11.1. The normalized spacial score (nSPS) is 12.1. The lowest BCUT2D eigenvalue weighted by Crippen LogP contribution is -2.10. The van der Waals surface area contributed by atoms with E-state index in [0.717, 1.165) is 11.1 Å². The highest BCUT2D eigenvalue weighted by atomic mass is 19.1. The van der Waals surface area contributed by atoms with Crippen LogP contribution in [0.5, 0.6) is 11.5 Å². The number of aliphatic hydroxyl groups excluding tert-OH is 1. The van der Waals surface area contributed by atoms with Crippen molar-refractivity contribution in [2.45, 2.75) is 19.6 Å². The second kappa shape index (κ2) is 6.58. The molecule has 2 aromatic carbocycles. The van der Waals surface area contributed by atoms with Crippen molar-refractivity contribution in [1.29, 1.82) is 0 Å². The highest BCUT2D eigenvalue weighted by Gasteiger charge is 2.12. The van der Waals surface area contributed by atoms with E-state index in [4.69, 9.17) is 4.74 Å². The molecule has 1 heterocycles. The van der Waals surface area contributed by atoms with E-state index in [0.29, 0.717) is 18.0 Å². The summed E-state index contributed by atoms with van der Waals surface area (Å²) in [4.78, 5) is 3.85. The number of aliphatic hydroxyl groups is 1. The van der Waals surface area contributed by atoms with Gasteiger partial charge in [0.1, 0.15) is 30.0 Å². The fourth-order valence-electron chi connectivity index (χ4n) is 2.33. The number of halogens is 1. The molecule has 0 aliphatic rings. The Morgan fingerprint density at radius 2 is 1.91 bits per heavy atom. The second-order valence-corrected chi connectivity index (χ2v) is 5.21. The monoisotopic (exact) mass is 313 g/mol. The van der Waals surface area contributed by atoms with Gasteiger partial charge in [0, 0.05) is 0 Å². The van der Waals surface area contributed by atoms with E-state index in [1.807, 2.05) is 19.1 Å². The molecule has 1 N–H and O–H groups in total. The third-order valence-corrected chi connectivity index (χ3v) is 3.48. The Labute approximate surface area is 133 Å². The average Bonchev–Trinajstić information content (AvgIpc) is 3.02. The van der Waals surface area contributed by atoms with Gasteiger partial charge in [0.05, 0.1) is 12.6 Å². The molecular weight excluding hydrogens is 297 g/mol. The lowest BCUT2D eigenvalue weighted by atomic mass is 10.0. The Balaban J connectivity index is 1.73. The van der Waals surface area contributed by atoms with E-state index in [2.05, 4.69) is 10.1 Å². The molecular formula is C17H16FN3O2. The van der Waals surface area contributed by atoms with Gasteiger partial charge in [0.15, 0.2) is 0 Å². The van der Waals surface area contributed by atoms with Gasteiger partial charge in [-0.15, -0.1) is 0 Å². The molecule has 0 aliphatic heterocycles. The van der Waals surface area contributed by atoms with Gasteiger partial charge in [0.2, 0.25) is 0 Å². The van der Waals surface area contributed by atoms with Crippen molar-refractivity contribution in [1.82, 2.24) is 14.8 Å². The Hall–Kier alpha value is -2.73. The maximum absolute atomic E-state index is 12.9. The topological polar surface area (TPSA) is 60.2 Å². The van der Waals surface area contributed by atoms with E-state index >= 15 is 0 Å². The van der Waals surface area contributed by atoms with Crippen LogP contribution < -0.4 is 4.74 Å². The van der Waals surface area contributed by atoms with E-state index in [9.17, 15) is 9.50 Å². The van der Waals surface area contributed by atoms with Gasteiger partial charge in [-0.25, -0.2) is 9.37 Å². The summed E-state index contributed by atoms with van der Waals surface area (Å²) in [5.41, 5.74) is 1.70. The van der Waals surface area contributed by atoms with Gasteiger partial charge in [-0.3, -0.25) is 4.68 Å². The van der Waals surface area contributed by atoms with Crippen LogP contribution >= 0.6 is 0 Å². The van der Waals surface area contributed by atoms with Crippen molar-refractivity contribution < 1.29 is 14.2 Å². The summed E-state index contributed by atoms with van der Waals surface area (Å²) < 4.78 is 20.1. The minimum atomic E-state index is -0.684. The van der Waals surface area contributed by atoms with E-state index < -0.39 is 6.10 Å². The Kier molecular flexibility index (Phi) is 4.34. The third-order valence-electron chi connectivity index (χ3n) is 3.48. The number of ether oxygens (including phenoxy) is 1. The number of hydrogen-bond donors (Lipinski definition) is 1. The first-order valence-electron chi connectivity index (χ1n) is 7.16. The number of aromatic nitrogens is 3. The Morgan fingerprint density at radius 3 is 2.57 bits per heavy atom. The highest BCUT2D eigenvalue weighted by molar-refractivity contribution is 5.38. The van der Waals surface area contributed by atoms with Crippen LogP contribution in [-0.4, -0.2) is 19.9 Å². The van der Waals surface area contributed by atoms with E-state index in [-0.39, 0.29) is 5.82 Å². The molecule has 1 aromatic heterocycles. The molecule has 0 saturated carbocycles. The van der Waals surface area contributed by atoms with Gasteiger partial charge in [-0.2, -0.15) is 5.10 Å². The lowest BCUT2D eigenvalue weighted by Gasteiger charge is -2.15. The number of aryl methyl sites for hydroxylation is 1. The van der Waals surface area contributed by atoms with Crippen LogP contribution in [0, 0.1) is 12.7 Å². The molecule has 0 fully saturated rings. The molecule has 118 valence electrons. The Bertz CT molecular complexity index is 773. The molecule has 0 saturated heterocycles. The predicted molar refractivity (Wildman–Crippen MR) is 82.6 cm³/mol. The second-order valence-electron chi connectivity index (χ2n) is 5.21. The van der Waals surface area contributed by atoms with Crippen LogP contribution in [0.4, 0.5) is 4.39 Å². The molecule has 0 bridgehead atoms. The zero-order valence-corrected chi connectivity index (χ0v) is 12.6. The van der Waals surface area contributed by atoms with Gasteiger partial charge >= 0.3 is 0 Å². The fraction of sp³-hybridized carbons (Fsp3) is 0.176. The molecule has 0 radical (unpaired) electrons. The SMILES string of the molecule is Cc1cc(Oc2ccc(F)cc2)ccc1C(O)Cn1cncn1. The van der Waals surface area contributed by atoms with E-state index in [1.54, 1.807) is 29.2 Å². The van der Waals surface area contributed by atoms with Crippen molar-refractivity contribution in [3.63, 3.8) is 0 Å². The summed E-state index contributed by atoms with van der Waals surface area (Å²) in [5.74, 6) is 0.882. The van der Waals surface area contributed by atoms with Crippen LogP contribution in [0.15, 0.2) is 55.1 Å². The van der Waals surface area contributed by atoms with Crippen LogP contribution in [0.3, 0.4) is 0 Å². The van der Waals surface area contributed by atoms with Crippen LogP contribution in [0.25, 0.3) is 0 Å². The van der Waals surface area contributed by atoms with E-state index in [1.165, 1.54) is 18.5 Å². The minimum Gasteiger partial charge on any atom is -0.457 e. The molecule has 6 heteroatoms. The minimum absolute atomic E-state index is 0.305. The van der Waals surface area contributed by atoms with Gasteiger partial charge in [0.25, 0.3) is 0 Å². The number of benzene rings is 2. The van der Waals surface area contributed by atoms with Crippen molar-refractivity contribution in [3.05, 3.63) is 72.1 Å². The van der Waals surface area contributed by atoms with Crippen molar-refractivity contribution in [3.8, 4) is 11.5 Å². The Morgan fingerprint density at radius 1 is 1.17 bits per heavy atom. The smallest absolute Gasteiger partial charge is 0.137 e. The zero-order chi connectivity index (χ0) is 16.2. The van der Waals surface area contributed by atoms with Gasteiger partial charge in [-0.05, 0) is 54.4 Å². The van der Waals surface area contributed by atoms with Crippen LogP contribution in [-0.2, 0) is 6.54 Å². The molecule has 1 unspecified atom stereocenters. The molecule has 1 atom stereocenters. The number of nitrogens with zero attached hydrogens (tertiary/aromatic N) is 3. The summed E-state index contributed by atoms with van der Waals surface area (Å²) in [6, 6.07) is 11.3. The zero-order valence-electron chi connectivity index (χ0n) is 12.6. The summed E-state index contributed by atoms with van der Waals surface area (Å²) >= 11 is 0. The summed E-state index contributed by atoms with van der Waals surface area (Å²) in [6.45, 7) is 2.23. The lowest BCUT2D eigenvalue weighted by molar-refractivity contribution is 0.150. The number of hydrogen-bond acceptors (Lipinski definition) is 4. The standard InChI is InChI=1S/C17H16FN3O2/c1-12-8-15(23-14-4-2-13(18)3-5-14)6-7-16(12)17(22)9-21-11-19-10-20-21/h2-8,10-11,17,22H,9H2,1H3. The van der Waals surface area contributed by atoms with Crippen LogP contribution in [0.1, 0.15) is 17.2 Å². The molecule has 5 nitrogen and oxygen atoms in total. The molecule has 0 spiro atoms. The largest absolute Gasteiger partial charge is 0.457 e. The molecule has 3 rings (SSSR count). The first-order valence-corrected chi connectivity index (χ1v) is 7.16. The van der Waals surface area contributed by atoms with Crippen molar-refractivity contribution in [2.75, 3.05) is 0 Å².